The van der Waals surface area contributed by atoms with Crippen molar-refractivity contribution in [2.75, 3.05) is 18.6 Å². The first-order valence-electron chi connectivity index (χ1n) is 13.0. The minimum atomic E-state index is -4.65. The molecule has 1 aromatic carbocycles. The zero-order valence-electron chi connectivity index (χ0n) is 23.3. The zero-order valence-corrected chi connectivity index (χ0v) is 23.3. The molecule has 0 bridgehead atoms. The Bertz CT molecular complexity index is 1200. The summed E-state index contributed by atoms with van der Waals surface area (Å²) in [5.41, 5.74) is 8.21. The molecular formula is C30H38F4N4O2. The van der Waals surface area contributed by atoms with Crippen molar-refractivity contribution >= 4 is 11.6 Å². The summed E-state index contributed by atoms with van der Waals surface area (Å²) >= 11 is 0. The number of benzene rings is 1. The molecule has 218 valence electrons. The molecule has 4 N–H and O–H groups in total. The average molecular weight is 563 g/mol. The van der Waals surface area contributed by atoms with Gasteiger partial charge in [0.05, 0.1) is 18.6 Å². The number of hydrogen-bond donors (Lipinski definition) is 3. The lowest BCUT2D eigenvalue weighted by molar-refractivity contribution is -0.133. The van der Waals surface area contributed by atoms with Gasteiger partial charge in [-0.3, -0.25) is 4.79 Å². The second-order valence-electron chi connectivity index (χ2n) is 9.34. The van der Waals surface area contributed by atoms with Crippen LogP contribution in [-0.4, -0.2) is 31.8 Å². The van der Waals surface area contributed by atoms with Crippen molar-refractivity contribution in [1.82, 2.24) is 10.6 Å². The van der Waals surface area contributed by atoms with Gasteiger partial charge in [-0.15, -0.1) is 0 Å². The zero-order chi connectivity index (χ0) is 29.9. The Morgan fingerprint density at radius 3 is 2.67 bits per heavy atom. The minimum Gasteiger partial charge on any atom is -0.501 e. The van der Waals surface area contributed by atoms with Gasteiger partial charge in [-0.1, -0.05) is 44.7 Å². The normalized spacial score (nSPS) is 18.4. The molecule has 40 heavy (non-hydrogen) atoms. The largest absolute Gasteiger partial charge is 0.501 e. The van der Waals surface area contributed by atoms with E-state index in [-0.39, 0.29) is 30.0 Å². The number of fused-ring (bicyclic) bond motifs is 1. The van der Waals surface area contributed by atoms with Crippen LogP contribution in [0.3, 0.4) is 0 Å². The van der Waals surface area contributed by atoms with Crippen LogP contribution in [0.5, 0.6) is 0 Å². The lowest BCUT2D eigenvalue weighted by Crippen LogP contribution is -2.48. The molecule has 0 radical (unpaired) electrons. The number of nitrogens with zero attached hydrogens (tertiary/aromatic N) is 1. The summed E-state index contributed by atoms with van der Waals surface area (Å²) < 4.78 is 59.6. The van der Waals surface area contributed by atoms with E-state index in [0.717, 1.165) is 17.8 Å². The molecule has 2 rings (SSSR count). The number of halogens is 4. The maximum absolute atomic E-state index is 14.4. The van der Waals surface area contributed by atoms with Crippen LogP contribution in [0.15, 0.2) is 90.3 Å². The number of carbonyl (C=O) groups excluding carboxylic acids is 1. The van der Waals surface area contributed by atoms with Crippen LogP contribution in [0.2, 0.25) is 0 Å². The van der Waals surface area contributed by atoms with Gasteiger partial charge in [0.2, 0.25) is 5.91 Å². The summed E-state index contributed by atoms with van der Waals surface area (Å²) in [5.74, 6) is -1.01. The summed E-state index contributed by atoms with van der Waals surface area (Å²) in [4.78, 5) is 13.7. The maximum atomic E-state index is 14.4. The van der Waals surface area contributed by atoms with E-state index < -0.39 is 30.5 Å². The summed E-state index contributed by atoms with van der Waals surface area (Å²) in [6.07, 6.45) is 8.74. The molecule has 0 saturated carbocycles. The van der Waals surface area contributed by atoms with Crippen LogP contribution >= 0.6 is 0 Å². The van der Waals surface area contributed by atoms with Crippen LogP contribution in [0, 0.1) is 11.7 Å². The highest BCUT2D eigenvalue weighted by atomic mass is 19.4. The Labute approximate surface area is 233 Å². The molecule has 6 nitrogen and oxygen atoms in total. The smallest absolute Gasteiger partial charge is 0.406 e. The van der Waals surface area contributed by atoms with Crippen molar-refractivity contribution in [2.45, 2.75) is 52.3 Å². The van der Waals surface area contributed by atoms with Crippen molar-refractivity contribution in [3.8, 4) is 0 Å². The Morgan fingerprint density at radius 2 is 2.05 bits per heavy atom. The first-order valence-corrected chi connectivity index (χ1v) is 13.0. The second-order valence-corrected chi connectivity index (χ2v) is 9.34. The quantitative estimate of drug-likeness (QED) is 0.163. The Morgan fingerprint density at radius 1 is 1.32 bits per heavy atom. The number of amides is 1. The van der Waals surface area contributed by atoms with E-state index in [1.165, 1.54) is 24.4 Å². The van der Waals surface area contributed by atoms with Crippen LogP contribution in [0.25, 0.3) is 0 Å². The minimum absolute atomic E-state index is 0.0666. The van der Waals surface area contributed by atoms with Gasteiger partial charge in [0, 0.05) is 34.8 Å². The summed E-state index contributed by atoms with van der Waals surface area (Å²) in [6.45, 7) is 7.90. The first kappa shape index (κ1) is 32.3. The van der Waals surface area contributed by atoms with Gasteiger partial charge in [0.1, 0.15) is 18.4 Å². The predicted molar refractivity (Wildman–Crippen MR) is 151 cm³/mol. The fraction of sp³-hybridized carbons (Fsp3) is 0.367. The maximum Gasteiger partial charge on any atom is 0.406 e. The highest BCUT2D eigenvalue weighted by Gasteiger charge is 2.39. The summed E-state index contributed by atoms with van der Waals surface area (Å²) in [6, 6.07) is 2.80. The van der Waals surface area contributed by atoms with Gasteiger partial charge in [0.15, 0.2) is 0 Å². The number of ether oxygens (including phenoxy) is 1. The van der Waals surface area contributed by atoms with Gasteiger partial charge < -0.3 is 26.0 Å². The third-order valence-corrected chi connectivity index (χ3v) is 6.20. The topological polar surface area (TPSA) is 79.6 Å². The molecule has 1 amide bonds. The van der Waals surface area contributed by atoms with Gasteiger partial charge in [-0.05, 0) is 56.5 Å². The van der Waals surface area contributed by atoms with E-state index in [1.807, 2.05) is 45.1 Å². The third kappa shape index (κ3) is 9.66. The number of nitrogens with two attached hydrogens (primary N) is 1. The van der Waals surface area contributed by atoms with Gasteiger partial charge >= 0.3 is 6.18 Å². The predicted octanol–water partition coefficient (Wildman–Crippen LogP) is 6.12. The molecule has 0 spiro atoms. The number of anilines is 1. The lowest BCUT2D eigenvalue weighted by atomic mass is 10.0. The molecule has 0 aliphatic carbocycles. The molecule has 2 atom stereocenters. The number of alkyl halides is 3. The fourth-order valence-electron chi connectivity index (χ4n) is 4.03. The standard InChI is InChI=1S/C30H38F4N4O2/c1-6-9-22(37-23(10-7-2)17-21(4)40-5)14-13-20(3)26(35)18-36-27-16-15-24-25(31)11-8-12-28(24)38(29(27)39)19-30(32,33)34/h7-14,17-18,20,27,36-37H,2,6,15-16,19,35H2,1,3-5H3/b14-13-,21-17+,22-9+,23-10+,26-18-. The molecule has 10 heteroatoms. The molecule has 1 aromatic rings. The van der Waals surface area contributed by atoms with Crippen molar-refractivity contribution < 1.29 is 27.1 Å². The van der Waals surface area contributed by atoms with E-state index in [4.69, 9.17) is 10.5 Å². The van der Waals surface area contributed by atoms with E-state index in [0.29, 0.717) is 16.4 Å². The van der Waals surface area contributed by atoms with Crippen molar-refractivity contribution in [1.29, 1.82) is 0 Å². The van der Waals surface area contributed by atoms with E-state index >= 15 is 0 Å². The number of hydrogen-bond acceptors (Lipinski definition) is 5. The van der Waals surface area contributed by atoms with E-state index in [1.54, 1.807) is 19.3 Å². The van der Waals surface area contributed by atoms with Gasteiger partial charge in [-0.25, -0.2) is 4.39 Å². The van der Waals surface area contributed by atoms with Crippen LogP contribution < -0.4 is 21.3 Å². The molecule has 0 aromatic heterocycles. The summed E-state index contributed by atoms with van der Waals surface area (Å²) in [5, 5.41) is 6.19. The van der Waals surface area contributed by atoms with Crippen LogP contribution in [0.4, 0.5) is 23.2 Å². The molecule has 1 aliphatic heterocycles. The van der Waals surface area contributed by atoms with E-state index in [2.05, 4.69) is 17.2 Å². The molecule has 0 fully saturated rings. The molecule has 0 saturated heterocycles. The molecular weight excluding hydrogens is 524 g/mol. The van der Waals surface area contributed by atoms with Crippen molar-refractivity contribution in [3.05, 3.63) is 102 Å². The third-order valence-electron chi connectivity index (χ3n) is 6.20. The van der Waals surface area contributed by atoms with Crippen LogP contribution in [0.1, 0.15) is 39.2 Å². The van der Waals surface area contributed by atoms with Gasteiger partial charge in [0.25, 0.3) is 0 Å². The van der Waals surface area contributed by atoms with Crippen molar-refractivity contribution in [2.24, 2.45) is 11.7 Å². The van der Waals surface area contributed by atoms with Crippen molar-refractivity contribution in [3.63, 3.8) is 0 Å². The number of rotatable bonds is 12. The number of nitrogens with one attached hydrogen (secondary N) is 2. The highest BCUT2D eigenvalue weighted by Crippen LogP contribution is 2.32. The second kappa shape index (κ2) is 15.0. The lowest BCUT2D eigenvalue weighted by Gasteiger charge is -2.27. The Kier molecular flexibility index (Phi) is 12.1. The molecule has 1 heterocycles. The average Bonchev–Trinajstić information content (AvgIpc) is 3.02. The summed E-state index contributed by atoms with van der Waals surface area (Å²) in [7, 11) is 1.58. The molecule has 1 aliphatic rings. The SMILES string of the molecule is C=C/C=C(\C=C(/C)OC)NC(/C=C\C(C)/C(N)=C/NC1CCc2c(F)cccc2N(CC(F)(F)F)C1=O)=C/CC. The van der Waals surface area contributed by atoms with Crippen LogP contribution in [-0.2, 0) is 16.0 Å². The van der Waals surface area contributed by atoms with E-state index in [9.17, 15) is 22.4 Å². The highest BCUT2D eigenvalue weighted by molar-refractivity contribution is 5.98. The number of carbonyl (C=O) groups is 1. The Hall–Kier alpha value is -3.95. The Balaban J connectivity index is 2.20. The monoisotopic (exact) mass is 562 g/mol. The first-order chi connectivity index (χ1) is 18.9. The van der Waals surface area contributed by atoms with Gasteiger partial charge in [-0.2, -0.15) is 13.2 Å². The number of allylic oxidation sites excluding steroid dienone is 7. The number of methoxy groups -OCH3 is 1. The fourth-order valence-corrected chi connectivity index (χ4v) is 4.03. The molecule has 2 unspecified atom stereocenters.